The van der Waals surface area contributed by atoms with Crippen molar-refractivity contribution in [2.24, 2.45) is 0 Å². The summed E-state index contributed by atoms with van der Waals surface area (Å²) >= 11 is 0. The van der Waals surface area contributed by atoms with Crippen LogP contribution in [-0.2, 0) is 14.8 Å². The number of benzene rings is 2. The molecule has 0 saturated carbocycles. The molecule has 2 N–H and O–H groups in total. The number of sulfonamides is 1. The van der Waals surface area contributed by atoms with Crippen LogP contribution in [0.4, 0.5) is 15.8 Å². The number of ether oxygens (including phenoxy) is 1. The molecule has 29 heavy (non-hydrogen) atoms. The van der Waals surface area contributed by atoms with E-state index < -0.39 is 15.8 Å². The summed E-state index contributed by atoms with van der Waals surface area (Å²) in [7, 11) is -3.91. The van der Waals surface area contributed by atoms with Gasteiger partial charge in [-0.2, -0.15) is 0 Å². The molecule has 0 bridgehead atoms. The number of hydrogen-bond donors (Lipinski definition) is 2. The maximum absolute atomic E-state index is 13.6. The number of halogens is 1. The van der Waals surface area contributed by atoms with Crippen molar-refractivity contribution in [3.05, 3.63) is 66.2 Å². The van der Waals surface area contributed by atoms with Crippen molar-refractivity contribution in [2.45, 2.75) is 18.7 Å². The minimum absolute atomic E-state index is 0.0401. The normalized spacial score (nSPS) is 11.0. The lowest BCUT2D eigenvalue weighted by molar-refractivity contribution is -0.114. The van der Waals surface area contributed by atoms with Gasteiger partial charge in [-0.3, -0.25) is 9.52 Å². The second-order valence-corrected chi connectivity index (χ2v) is 7.70. The molecule has 10 heteroatoms. The summed E-state index contributed by atoms with van der Waals surface area (Å²) < 4.78 is 46.5. The Morgan fingerprint density at radius 1 is 1.07 bits per heavy atom. The average Bonchev–Trinajstić information content (AvgIpc) is 2.64. The number of carbonyl (C=O) groups excluding carboxylic acids is 1. The van der Waals surface area contributed by atoms with Crippen LogP contribution in [0.2, 0.25) is 0 Å². The van der Waals surface area contributed by atoms with Gasteiger partial charge in [-0.05, 0) is 42.8 Å². The highest BCUT2D eigenvalue weighted by Crippen LogP contribution is 2.24. The summed E-state index contributed by atoms with van der Waals surface area (Å²) in [6.45, 7) is 2.98. The molecule has 1 heterocycles. The lowest BCUT2D eigenvalue weighted by atomic mass is 10.2. The van der Waals surface area contributed by atoms with Gasteiger partial charge in [-0.25, -0.2) is 22.8 Å². The van der Waals surface area contributed by atoms with E-state index in [2.05, 4.69) is 20.0 Å². The van der Waals surface area contributed by atoms with E-state index in [0.29, 0.717) is 11.3 Å². The van der Waals surface area contributed by atoms with Gasteiger partial charge in [0.25, 0.3) is 10.0 Å². The highest BCUT2D eigenvalue weighted by molar-refractivity contribution is 7.92. The molecule has 3 rings (SSSR count). The van der Waals surface area contributed by atoms with Gasteiger partial charge in [0.05, 0.1) is 23.0 Å². The van der Waals surface area contributed by atoms with Crippen molar-refractivity contribution in [1.82, 2.24) is 9.97 Å². The summed E-state index contributed by atoms with van der Waals surface area (Å²) in [6.07, 6.45) is 2.42. The lowest BCUT2D eigenvalue weighted by Crippen LogP contribution is -2.15. The van der Waals surface area contributed by atoms with Gasteiger partial charge in [-0.15, -0.1) is 0 Å². The number of carbonyl (C=O) groups is 1. The molecule has 8 nitrogen and oxygen atoms in total. The average molecular weight is 416 g/mol. The first-order valence-electron chi connectivity index (χ1n) is 8.40. The van der Waals surface area contributed by atoms with Gasteiger partial charge in [0.1, 0.15) is 0 Å². The Morgan fingerprint density at radius 2 is 1.76 bits per heavy atom. The highest BCUT2D eigenvalue weighted by Gasteiger charge is 2.18. The quantitative estimate of drug-likeness (QED) is 0.637. The number of rotatable bonds is 6. The van der Waals surface area contributed by atoms with Gasteiger partial charge in [0.15, 0.2) is 11.6 Å². The number of nitrogens with zero attached hydrogens (tertiary/aromatic N) is 2. The van der Waals surface area contributed by atoms with Crippen LogP contribution in [0, 0.1) is 12.7 Å². The van der Waals surface area contributed by atoms with E-state index in [4.69, 9.17) is 4.74 Å². The van der Waals surface area contributed by atoms with E-state index in [9.17, 15) is 17.6 Å². The van der Waals surface area contributed by atoms with Crippen molar-refractivity contribution >= 4 is 27.3 Å². The van der Waals surface area contributed by atoms with Crippen LogP contribution in [0.5, 0.6) is 11.8 Å². The SMILES string of the molecule is CC(=O)Nc1ccc(S(=O)(=O)Nc2cnc(Oc3ccccc3F)nc2)c(C)c1. The highest BCUT2D eigenvalue weighted by atomic mass is 32.2. The fourth-order valence-electron chi connectivity index (χ4n) is 2.49. The van der Waals surface area contributed by atoms with Crippen molar-refractivity contribution < 1.29 is 22.3 Å². The topological polar surface area (TPSA) is 110 Å². The van der Waals surface area contributed by atoms with Crippen molar-refractivity contribution in [3.63, 3.8) is 0 Å². The van der Waals surface area contributed by atoms with Gasteiger partial charge in [-0.1, -0.05) is 12.1 Å². The summed E-state index contributed by atoms with van der Waals surface area (Å²) in [5, 5.41) is 2.59. The Morgan fingerprint density at radius 3 is 2.38 bits per heavy atom. The summed E-state index contributed by atoms with van der Waals surface area (Å²) in [5.74, 6) is -0.872. The first-order chi connectivity index (χ1) is 13.7. The summed E-state index contributed by atoms with van der Waals surface area (Å²) in [5.41, 5.74) is 1.05. The maximum atomic E-state index is 13.6. The second kappa shape index (κ2) is 8.23. The van der Waals surface area contributed by atoms with E-state index in [-0.39, 0.29) is 28.3 Å². The molecule has 1 amide bonds. The molecular weight excluding hydrogens is 399 g/mol. The van der Waals surface area contributed by atoms with Gasteiger partial charge >= 0.3 is 6.01 Å². The van der Waals surface area contributed by atoms with Gasteiger partial charge < -0.3 is 10.1 Å². The fourth-order valence-corrected chi connectivity index (χ4v) is 3.75. The molecule has 0 saturated heterocycles. The third-order valence-electron chi connectivity index (χ3n) is 3.70. The molecule has 1 aromatic heterocycles. The number of aromatic nitrogens is 2. The first-order valence-corrected chi connectivity index (χ1v) is 9.88. The van der Waals surface area contributed by atoms with Crippen LogP contribution in [-0.4, -0.2) is 24.3 Å². The van der Waals surface area contributed by atoms with E-state index in [0.717, 1.165) is 0 Å². The van der Waals surface area contributed by atoms with E-state index >= 15 is 0 Å². The van der Waals surface area contributed by atoms with Crippen molar-refractivity contribution in [1.29, 1.82) is 0 Å². The second-order valence-electron chi connectivity index (χ2n) is 6.05. The van der Waals surface area contributed by atoms with E-state index in [1.165, 1.54) is 49.6 Å². The molecule has 2 aromatic carbocycles. The predicted octanol–water partition coefficient (Wildman–Crippen LogP) is 3.48. The summed E-state index contributed by atoms with van der Waals surface area (Å²) in [6, 6.07) is 10.1. The molecule has 0 aliphatic rings. The maximum Gasteiger partial charge on any atom is 0.322 e. The van der Waals surface area contributed by atoms with Crippen LogP contribution >= 0.6 is 0 Å². The summed E-state index contributed by atoms with van der Waals surface area (Å²) in [4.78, 5) is 18.9. The number of aryl methyl sites for hydroxylation is 1. The number of amides is 1. The minimum Gasteiger partial charge on any atom is -0.421 e. The van der Waals surface area contributed by atoms with Crippen LogP contribution in [0.25, 0.3) is 0 Å². The molecule has 3 aromatic rings. The van der Waals surface area contributed by atoms with E-state index in [1.807, 2.05) is 0 Å². The number of para-hydroxylation sites is 1. The number of hydrogen-bond acceptors (Lipinski definition) is 6. The standard InChI is InChI=1S/C19H17FN4O4S/c1-12-9-14(23-13(2)25)7-8-18(12)29(26,27)24-15-10-21-19(22-11-15)28-17-6-4-3-5-16(17)20/h3-11,24H,1-2H3,(H,23,25). The Hall–Kier alpha value is -3.53. The molecule has 0 radical (unpaired) electrons. The lowest BCUT2D eigenvalue weighted by Gasteiger charge is -2.12. The Bertz CT molecular complexity index is 1150. The van der Waals surface area contributed by atoms with Gasteiger partial charge in [0.2, 0.25) is 5.91 Å². The zero-order chi connectivity index (χ0) is 21.0. The molecule has 0 unspecified atom stereocenters. The van der Waals surface area contributed by atoms with Crippen LogP contribution in [0.3, 0.4) is 0 Å². The predicted molar refractivity (Wildman–Crippen MR) is 105 cm³/mol. The zero-order valence-corrected chi connectivity index (χ0v) is 16.3. The molecule has 0 atom stereocenters. The van der Waals surface area contributed by atoms with Crippen LogP contribution < -0.4 is 14.8 Å². The molecule has 0 aliphatic heterocycles. The number of nitrogens with one attached hydrogen (secondary N) is 2. The molecule has 0 fully saturated rings. The Labute approximate surface area is 166 Å². The van der Waals surface area contributed by atoms with Crippen molar-refractivity contribution in [3.8, 4) is 11.8 Å². The monoisotopic (exact) mass is 416 g/mol. The Balaban J connectivity index is 1.75. The molecule has 150 valence electrons. The Kier molecular flexibility index (Phi) is 5.74. The molecule has 0 aliphatic carbocycles. The smallest absolute Gasteiger partial charge is 0.322 e. The first kappa shape index (κ1) is 20.2. The number of anilines is 2. The van der Waals surface area contributed by atoms with Crippen LogP contribution in [0.15, 0.2) is 59.8 Å². The zero-order valence-electron chi connectivity index (χ0n) is 15.5. The molecular formula is C19H17FN4O4S. The van der Waals surface area contributed by atoms with Crippen molar-refractivity contribution in [2.75, 3.05) is 10.0 Å². The third-order valence-corrected chi connectivity index (χ3v) is 5.24. The fraction of sp³-hybridized carbons (Fsp3) is 0.105. The third kappa shape index (κ3) is 5.05. The van der Waals surface area contributed by atoms with Crippen LogP contribution in [0.1, 0.15) is 12.5 Å². The van der Waals surface area contributed by atoms with Gasteiger partial charge in [0, 0.05) is 12.6 Å². The van der Waals surface area contributed by atoms with E-state index in [1.54, 1.807) is 19.1 Å². The minimum atomic E-state index is -3.91. The largest absolute Gasteiger partial charge is 0.421 e. The molecule has 0 spiro atoms.